The van der Waals surface area contributed by atoms with Crippen LogP contribution in [-0.4, -0.2) is 46.8 Å². The molecule has 1 aliphatic heterocycles. The molecule has 24 heavy (non-hydrogen) atoms. The molecule has 1 saturated heterocycles. The standard InChI is InChI=1S/C17H21ClN4O.ClH/c1-12-14(17(23)21-9-5-6-13(21)10-19-2)11-20-22(12)16-8-4-3-7-15(16)18;/h3-4,7-8,11,13,19H,5-6,9-10H2,1-2H3;1H. The number of rotatable bonds is 4. The minimum Gasteiger partial charge on any atom is -0.334 e. The summed E-state index contributed by atoms with van der Waals surface area (Å²) in [7, 11) is 1.92. The molecule has 1 aliphatic rings. The first-order chi connectivity index (χ1) is 11.1. The van der Waals surface area contributed by atoms with Gasteiger partial charge >= 0.3 is 0 Å². The second-order valence-electron chi connectivity index (χ2n) is 5.86. The number of benzene rings is 1. The highest BCUT2D eigenvalue weighted by molar-refractivity contribution is 6.32. The van der Waals surface area contributed by atoms with Crippen molar-refractivity contribution in [2.24, 2.45) is 0 Å². The Morgan fingerprint density at radius 2 is 2.17 bits per heavy atom. The Morgan fingerprint density at radius 1 is 1.42 bits per heavy atom. The van der Waals surface area contributed by atoms with Crippen molar-refractivity contribution in [2.45, 2.75) is 25.8 Å². The van der Waals surface area contributed by atoms with Crippen LogP contribution in [0.15, 0.2) is 30.5 Å². The third kappa shape index (κ3) is 3.43. The minimum atomic E-state index is 0. The van der Waals surface area contributed by atoms with E-state index in [0.29, 0.717) is 10.6 Å². The van der Waals surface area contributed by atoms with Gasteiger partial charge in [0.1, 0.15) is 0 Å². The molecule has 5 nitrogen and oxygen atoms in total. The number of para-hydroxylation sites is 1. The first kappa shape index (κ1) is 18.8. The van der Waals surface area contributed by atoms with Gasteiger partial charge in [0.2, 0.25) is 0 Å². The minimum absolute atomic E-state index is 0. The molecule has 0 radical (unpaired) electrons. The number of nitrogens with zero attached hydrogens (tertiary/aromatic N) is 3. The van der Waals surface area contributed by atoms with E-state index >= 15 is 0 Å². The monoisotopic (exact) mass is 368 g/mol. The lowest BCUT2D eigenvalue weighted by Crippen LogP contribution is -2.41. The molecule has 130 valence electrons. The fourth-order valence-electron chi connectivity index (χ4n) is 3.19. The molecule has 3 rings (SSSR count). The maximum absolute atomic E-state index is 12.9. The van der Waals surface area contributed by atoms with Crippen LogP contribution in [0.3, 0.4) is 0 Å². The van der Waals surface area contributed by atoms with E-state index in [1.54, 1.807) is 10.9 Å². The lowest BCUT2D eigenvalue weighted by atomic mass is 10.2. The number of carbonyl (C=O) groups excluding carboxylic acids is 1. The van der Waals surface area contributed by atoms with Gasteiger partial charge in [0, 0.05) is 19.1 Å². The molecular formula is C17H22Cl2N4O. The largest absolute Gasteiger partial charge is 0.334 e. The summed E-state index contributed by atoms with van der Waals surface area (Å²) >= 11 is 6.25. The van der Waals surface area contributed by atoms with Crippen LogP contribution in [-0.2, 0) is 0 Å². The molecule has 0 bridgehead atoms. The lowest BCUT2D eigenvalue weighted by molar-refractivity contribution is 0.0736. The first-order valence-electron chi connectivity index (χ1n) is 7.88. The SMILES string of the molecule is CNCC1CCCN1C(=O)c1cnn(-c2ccccc2Cl)c1C.Cl. The first-order valence-corrected chi connectivity index (χ1v) is 8.26. The molecular weight excluding hydrogens is 347 g/mol. The summed E-state index contributed by atoms with van der Waals surface area (Å²) < 4.78 is 1.73. The van der Waals surface area contributed by atoms with Crippen LogP contribution in [0, 0.1) is 6.92 Å². The second kappa shape index (κ2) is 8.01. The van der Waals surface area contributed by atoms with Crippen LogP contribution < -0.4 is 5.32 Å². The summed E-state index contributed by atoms with van der Waals surface area (Å²) in [6.07, 6.45) is 3.75. The number of halogens is 2. The fourth-order valence-corrected chi connectivity index (χ4v) is 3.41. The van der Waals surface area contributed by atoms with Gasteiger partial charge in [-0.1, -0.05) is 23.7 Å². The number of hydrogen-bond acceptors (Lipinski definition) is 3. The molecule has 2 aromatic rings. The van der Waals surface area contributed by atoms with Crippen molar-refractivity contribution < 1.29 is 4.79 Å². The van der Waals surface area contributed by atoms with Crippen LogP contribution >= 0.6 is 24.0 Å². The molecule has 1 unspecified atom stereocenters. The normalized spacial score (nSPS) is 17.0. The zero-order valence-electron chi connectivity index (χ0n) is 13.8. The highest BCUT2D eigenvalue weighted by Crippen LogP contribution is 2.25. The Bertz CT molecular complexity index is 716. The van der Waals surface area contributed by atoms with Gasteiger partial charge in [-0.15, -0.1) is 12.4 Å². The van der Waals surface area contributed by atoms with Crippen LogP contribution in [0.2, 0.25) is 5.02 Å². The predicted molar refractivity (Wildman–Crippen MR) is 98.5 cm³/mol. The molecule has 1 aromatic carbocycles. The van der Waals surface area contributed by atoms with Gasteiger partial charge in [-0.3, -0.25) is 4.79 Å². The molecule has 1 fully saturated rings. The average molecular weight is 369 g/mol. The third-order valence-corrected chi connectivity index (χ3v) is 4.72. The Hall–Kier alpha value is -1.56. The number of likely N-dealkylation sites (N-methyl/N-ethyl adjacent to an activating group) is 1. The van der Waals surface area contributed by atoms with Crippen molar-refractivity contribution in [3.8, 4) is 5.69 Å². The topological polar surface area (TPSA) is 50.2 Å². The number of hydrogen-bond donors (Lipinski definition) is 1. The number of likely N-dealkylation sites (tertiary alicyclic amines) is 1. The van der Waals surface area contributed by atoms with Gasteiger partial charge in [0.15, 0.2) is 0 Å². The van der Waals surface area contributed by atoms with Crippen LogP contribution in [0.1, 0.15) is 28.9 Å². The van der Waals surface area contributed by atoms with E-state index in [9.17, 15) is 4.79 Å². The van der Waals surface area contributed by atoms with Gasteiger partial charge in [0.25, 0.3) is 5.91 Å². The maximum Gasteiger partial charge on any atom is 0.257 e. The zero-order chi connectivity index (χ0) is 16.4. The van der Waals surface area contributed by atoms with E-state index in [2.05, 4.69) is 10.4 Å². The molecule has 2 heterocycles. The van der Waals surface area contributed by atoms with Crippen molar-refractivity contribution in [2.75, 3.05) is 20.1 Å². The number of amides is 1. The Morgan fingerprint density at radius 3 is 2.88 bits per heavy atom. The van der Waals surface area contributed by atoms with Gasteiger partial charge in [-0.25, -0.2) is 4.68 Å². The van der Waals surface area contributed by atoms with Crippen molar-refractivity contribution in [1.29, 1.82) is 0 Å². The van der Waals surface area contributed by atoms with Crippen molar-refractivity contribution in [1.82, 2.24) is 20.0 Å². The molecule has 1 atom stereocenters. The summed E-state index contributed by atoms with van der Waals surface area (Å²) in [5.74, 6) is 0.0542. The van der Waals surface area contributed by atoms with E-state index in [1.807, 2.05) is 43.1 Å². The Balaban J connectivity index is 0.00000208. The van der Waals surface area contributed by atoms with Crippen LogP contribution in [0.4, 0.5) is 0 Å². The van der Waals surface area contributed by atoms with E-state index in [-0.39, 0.29) is 24.4 Å². The van der Waals surface area contributed by atoms with E-state index in [0.717, 1.165) is 37.3 Å². The number of aromatic nitrogens is 2. The number of nitrogens with one attached hydrogen (secondary N) is 1. The number of carbonyl (C=O) groups is 1. The van der Waals surface area contributed by atoms with E-state index in [4.69, 9.17) is 11.6 Å². The van der Waals surface area contributed by atoms with Crippen LogP contribution in [0.25, 0.3) is 5.69 Å². The summed E-state index contributed by atoms with van der Waals surface area (Å²) in [5, 5.41) is 8.16. The molecule has 1 amide bonds. The van der Waals surface area contributed by atoms with Crippen molar-refractivity contribution in [3.63, 3.8) is 0 Å². The third-order valence-electron chi connectivity index (χ3n) is 4.40. The van der Waals surface area contributed by atoms with Gasteiger partial charge in [0.05, 0.1) is 28.2 Å². The average Bonchev–Trinajstić information content (AvgIpc) is 3.15. The Labute approximate surface area is 153 Å². The van der Waals surface area contributed by atoms with Gasteiger partial charge in [-0.2, -0.15) is 5.10 Å². The Kier molecular flexibility index (Phi) is 6.27. The highest BCUT2D eigenvalue weighted by atomic mass is 35.5. The molecule has 7 heteroatoms. The van der Waals surface area contributed by atoms with Crippen molar-refractivity contribution in [3.05, 3.63) is 46.7 Å². The summed E-state index contributed by atoms with van der Waals surface area (Å²) in [6, 6.07) is 7.77. The smallest absolute Gasteiger partial charge is 0.257 e. The second-order valence-corrected chi connectivity index (χ2v) is 6.27. The van der Waals surface area contributed by atoms with Gasteiger partial charge < -0.3 is 10.2 Å². The summed E-state index contributed by atoms with van der Waals surface area (Å²) in [4.78, 5) is 14.9. The summed E-state index contributed by atoms with van der Waals surface area (Å²) in [5.41, 5.74) is 2.25. The lowest BCUT2D eigenvalue weighted by Gasteiger charge is -2.24. The van der Waals surface area contributed by atoms with Gasteiger partial charge in [-0.05, 0) is 38.9 Å². The van der Waals surface area contributed by atoms with E-state index < -0.39 is 0 Å². The molecule has 0 spiro atoms. The molecule has 1 aromatic heterocycles. The van der Waals surface area contributed by atoms with Crippen molar-refractivity contribution >= 4 is 29.9 Å². The van der Waals surface area contributed by atoms with E-state index in [1.165, 1.54) is 0 Å². The summed E-state index contributed by atoms with van der Waals surface area (Å²) in [6.45, 7) is 3.54. The maximum atomic E-state index is 12.9. The highest BCUT2D eigenvalue weighted by Gasteiger charge is 2.30. The molecule has 1 N–H and O–H groups in total. The molecule has 0 saturated carbocycles. The fraction of sp³-hybridized carbons (Fsp3) is 0.412. The van der Waals surface area contributed by atoms with Crippen LogP contribution in [0.5, 0.6) is 0 Å². The zero-order valence-corrected chi connectivity index (χ0v) is 15.4. The molecule has 0 aliphatic carbocycles. The predicted octanol–water partition coefficient (Wildman–Crippen LogP) is 3.08. The quantitative estimate of drug-likeness (QED) is 0.901.